The highest BCUT2D eigenvalue weighted by Gasteiger charge is 2.08. The van der Waals surface area contributed by atoms with E-state index in [9.17, 15) is 4.79 Å². The van der Waals surface area contributed by atoms with Crippen LogP contribution in [0.15, 0.2) is 30.7 Å². The van der Waals surface area contributed by atoms with Crippen LogP contribution in [-0.2, 0) is 0 Å². The van der Waals surface area contributed by atoms with E-state index in [1.807, 2.05) is 0 Å². The Hall–Kier alpha value is -2.15. The first kappa shape index (κ1) is 16.2. The Balaban J connectivity index is 1.61. The minimum absolute atomic E-state index is 0.242. The quantitative estimate of drug-likeness (QED) is 0.768. The Morgan fingerprint density at radius 2 is 2.14 bits per heavy atom. The second kappa shape index (κ2) is 8.33. The summed E-state index contributed by atoms with van der Waals surface area (Å²) in [4.78, 5) is 21.0. The van der Waals surface area contributed by atoms with Gasteiger partial charge >= 0.3 is 6.03 Å². The molecule has 2 aromatic rings. The molecule has 0 saturated carbocycles. The van der Waals surface area contributed by atoms with Crippen LogP contribution in [0.3, 0.4) is 0 Å². The van der Waals surface area contributed by atoms with E-state index in [1.54, 1.807) is 30.7 Å². The van der Waals surface area contributed by atoms with E-state index in [-0.39, 0.29) is 6.03 Å². The standard InChI is InChI=1S/C15H20N4O2S/c1-11(2)13-10-18-15(22-13)19-14(20)17-6-3-9-21-12-4-7-16-8-5-12/h4-5,7-8,10-11H,3,6,9H2,1-2H3,(H2,17,18,19,20). The summed E-state index contributed by atoms with van der Waals surface area (Å²) in [6.45, 7) is 5.28. The molecule has 0 fully saturated rings. The van der Waals surface area contributed by atoms with E-state index in [1.165, 1.54) is 11.3 Å². The number of ether oxygens (including phenoxy) is 1. The van der Waals surface area contributed by atoms with E-state index in [2.05, 4.69) is 34.4 Å². The van der Waals surface area contributed by atoms with Crippen molar-refractivity contribution in [2.24, 2.45) is 0 Å². The summed E-state index contributed by atoms with van der Waals surface area (Å²) in [6, 6.07) is 3.36. The Morgan fingerprint density at radius 3 is 2.82 bits per heavy atom. The highest BCUT2D eigenvalue weighted by atomic mass is 32.1. The van der Waals surface area contributed by atoms with Crippen LogP contribution in [-0.4, -0.2) is 29.2 Å². The lowest BCUT2D eigenvalue weighted by molar-refractivity contribution is 0.250. The second-order valence-electron chi connectivity index (χ2n) is 4.99. The van der Waals surface area contributed by atoms with Gasteiger partial charge in [0.2, 0.25) is 0 Å². The van der Waals surface area contributed by atoms with Gasteiger partial charge in [0.15, 0.2) is 5.13 Å². The molecule has 0 atom stereocenters. The maximum atomic E-state index is 11.7. The number of hydrogen-bond donors (Lipinski definition) is 2. The largest absolute Gasteiger partial charge is 0.493 e. The van der Waals surface area contributed by atoms with Crippen molar-refractivity contribution in [1.82, 2.24) is 15.3 Å². The highest BCUT2D eigenvalue weighted by molar-refractivity contribution is 7.15. The first-order chi connectivity index (χ1) is 10.6. The number of amides is 2. The number of nitrogens with zero attached hydrogens (tertiary/aromatic N) is 2. The number of thiazole rings is 1. The Kier molecular flexibility index (Phi) is 6.14. The van der Waals surface area contributed by atoms with Gasteiger partial charge in [-0.1, -0.05) is 13.8 Å². The molecule has 0 saturated heterocycles. The van der Waals surface area contributed by atoms with Crippen LogP contribution < -0.4 is 15.4 Å². The molecule has 0 spiro atoms. The monoisotopic (exact) mass is 320 g/mol. The topological polar surface area (TPSA) is 76.1 Å². The molecule has 22 heavy (non-hydrogen) atoms. The van der Waals surface area contributed by atoms with Crippen LogP contribution >= 0.6 is 11.3 Å². The van der Waals surface area contributed by atoms with Crippen LogP contribution in [0, 0.1) is 0 Å². The molecule has 118 valence electrons. The van der Waals surface area contributed by atoms with Gasteiger partial charge in [-0.05, 0) is 24.5 Å². The van der Waals surface area contributed by atoms with E-state index in [4.69, 9.17) is 4.74 Å². The first-order valence-electron chi connectivity index (χ1n) is 7.18. The van der Waals surface area contributed by atoms with Gasteiger partial charge < -0.3 is 10.1 Å². The van der Waals surface area contributed by atoms with Crippen LogP contribution in [0.4, 0.5) is 9.93 Å². The average molecular weight is 320 g/mol. The van der Waals surface area contributed by atoms with Crippen molar-refractivity contribution in [3.63, 3.8) is 0 Å². The molecule has 7 heteroatoms. The van der Waals surface area contributed by atoms with Gasteiger partial charge in [-0.25, -0.2) is 9.78 Å². The molecule has 0 aromatic carbocycles. The number of urea groups is 1. The number of carbonyl (C=O) groups is 1. The third-order valence-corrected chi connectivity index (χ3v) is 4.05. The predicted octanol–water partition coefficient (Wildman–Crippen LogP) is 3.25. The number of hydrogen-bond acceptors (Lipinski definition) is 5. The molecule has 2 aromatic heterocycles. The highest BCUT2D eigenvalue weighted by Crippen LogP contribution is 2.24. The van der Waals surface area contributed by atoms with E-state index in [0.717, 1.165) is 17.0 Å². The fraction of sp³-hybridized carbons (Fsp3) is 0.400. The smallest absolute Gasteiger partial charge is 0.321 e. The third-order valence-electron chi connectivity index (χ3n) is 2.84. The van der Waals surface area contributed by atoms with Crippen molar-refractivity contribution < 1.29 is 9.53 Å². The Morgan fingerprint density at radius 1 is 1.36 bits per heavy atom. The molecular formula is C15H20N4O2S. The van der Waals surface area contributed by atoms with Crippen LogP contribution in [0.25, 0.3) is 0 Å². The lowest BCUT2D eigenvalue weighted by atomic mass is 10.2. The van der Waals surface area contributed by atoms with Crippen molar-refractivity contribution >= 4 is 22.5 Å². The van der Waals surface area contributed by atoms with Crippen molar-refractivity contribution in [2.75, 3.05) is 18.5 Å². The van der Waals surface area contributed by atoms with Gasteiger partial charge in [0.1, 0.15) is 5.75 Å². The number of carbonyl (C=O) groups excluding carboxylic acids is 1. The molecule has 0 unspecified atom stereocenters. The second-order valence-corrected chi connectivity index (χ2v) is 6.05. The van der Waals surface area contributed by atoms with E-state index in [0.29, 0.717) is 24.2 Å². The van der Waals surface area contributed by atoms with Crippen molar-refractivity contribution in [3.8, 4) is 5.75 Å². The average Bonchev–Trinajstić information content (AvgIpc) is 2.96. The summed E-state index contributed by atoms with van der Waals surface area (Å²) < 4.78 is 5.51. The number of aromatic nitrogens is 2. The fourth-order valence-corrected chi connectivity index (χ4v) is 2.46. The summed E-state index contributed by atoms with van der Waals surface area (Å²) in [5, 5.41) is 6.13. The molecular weight excluding hydrogens is 300 g/mol. The molecule has 0 bridgehead atoms. The van der Waals surface area contributed by atoms with Crippen LogP contribution in [0.2, 0.25) is 0 Å². The zero-order valence-corrected chi connectivity index (χ0v) is 13.5. The molecule has 2 N–H and O–H groups in total. The fourth-order valence-electron chi connectivity index (χ4n) is 1.65. The maximum Gasteiger partial charge on any atom is 0.321 e. The van der Waals surface area contributed by atoms with E-state index >= 15 is 0 Å². The van der Waals surface area contributed by atoms with Gasteiger partial charge in [-0.3, -0.25) is 10.3 Å². The minimum atomic E-state index is -0.242. The third kappa shape index (κ3) is 5.33. The molecule has 2 amide bonds. The summed E-state index contributed by atoms with van der Waals surface area (Å²) in [5.41, 5.74) is 0. The molecule has 0 aliphatic carbocycles. The summed E-state index contributed by atoms with van der Waals surface area (Å²) >= 11 is 1.50. The lowest BCUT2D eigenvalue weighted by Crippen LogP contribution is -2.30. The zero-order chi connectivity index (χ0) is 15.8. The van der Waals surface area contributed by atoms with Crippen LogP contribution in [0.5, 0.6) is 5.75 Å². The molecule has 6 nitrogen and oxygen atoms in total. The minimum Gasteiger partial charge on any atom is -0.493 e. The van der Waals surface area contributed by atoms with Gasteiger partial charge in [0, 0.05) is 30.0 Å². The molecule has 2 rings (SSSR count). The summed E-state index contributed by atoms with van der Waals surface area (Å²) in [7, 11) is 0. The normalized spacial score (nSPS) is 10.5. The molecule has 0 aliphatic heterocycles. The number of rotatable bonds is 7. The SMILES string of the molecule is CC(C)c1cnc(NC(=O)NCCCOc2ccncc2)s1. The van der Waals surface area contributed by atoms with Crippen molar-refractivity contribution in [2.45, 2.75) is 26.2 Å². The zero-order valence-electron chi connectivity index (χ0n) is 12.7. The summed E-state index contributed by atoms with van der Waals surface area (Å²) in [6.07, 6.45) is 5.89. The molecule has 0 radical (unpaired) electrons. The Bertz CT molecular complexity index is 586. The molecule has 2 heterocycles. The lowest BCUT2D eigenvalue weighted by Gasteiger charge is -2.07. The number of anilines is 1. The summed E-state index contributed by atoms with van der Waals surface area (Å²) in [5.74, 6) is 1.20. The van der Waals surface area contributed by atoms with Crippen molar-refractivity contribution in [1.29, 1.82) is 0 Å². The Labute approximate surface area is 133 Å². The predicted molar refractivity (Wildman–Crippen MR) is 87.6 cm³/mol. The maximum absolute atomic E-state index is 11.7. The first-order valence-corrected chi connectivity index (χ1v) is 8.00. The van der Waals surface area contributed by atoms with E-state index < -0.39 is 0 Å². The van der Waals surface area contributed by atoms with Crippen LogP contribution in [0.1, 0.15) is 31.1 Å². The van der Waals surface area contributed by atoms with Gasteiger partial charge in [-0.15, -0.1) is 11.3 Å². The molecule has 0 aliphatic rings. The number of pyridine rings is 1. The van der Waals surface area contributed by atoms with Crippen molar-refractivity contribution in [3.05, 3.63) is 35.6 Å². The van der Waals surface area contributed by atoms with Gasteiger partial charge in [0.25, 0.3) is 0 Å². The van der Waals surface area contributed by atoms with Gasteiger partial charge in [-0.2, -0.15) is 0 Å². The van der Waals surface area contributed by atoms with Gasteiger partial charge in [0.05, 0.1) is 6.61 Å². The number of nitrogens with one attached hydrogen (secondary N) is 2.